The molecular weight excluding hydrogens is 340 g/mol. The zero-order valence-electron chi connectivity index (χ0n) is 14.0. The number of aryl methyl sites for hydroxylation is 2. The van der Waals surface area contributed by atoms with Gasteiger partial charge in [-0.25, -0.2) is 5.43 Å². The van der Waals surface area contributed by atoms with Crippen molar-refractivity contribution in [3.63, 3.8) is 0 Å². The van der Waals surface area contributed by atoms with E-state index in [2.05, 4.69) is 10.4 Å². The summed E-state index contributed by atoms with van der Waals surface area (Å²) < 4.78 is 0. The van der Waals surface area contributed by atoms with Crippen LogP contribution in [0.4, 0.5) is 11.4 Å². The number of hydrogen-bond donors (Lipinski definition) is 2. The second-order valence-corrected chi connectivity index (χ2v) is 5.44. The Morgan fingerprint density at radius 1 is 1.08 bits per heavy atom. The summed E-state index contributed by atoms with van der Waals surface area (Å²) in [4.78, 5) is 33.4. The second-order valence-electron chi connectivity index (χ2n) is 5.44. The fourth-order valence-corrected chi connectivity index (χ4v) is 1.98. The number of amides is 2. The molecule has 2 amide bonds. The topological polar surface area (TPSA) is 137 Å². The quantitative estimate of drug-likeness (QED) is 0.369. The second kappa shape index (κ2) is 7.88. The lowest BCUT2D eigenvalue weighted by Crippen LogP contribution is -2.32. The van der Waals surface area contributed by atoms with E-state index in [0.717, 1.165) is 29.5 Å². The maximum atomic E-state index is 11.8. The zero-order chi connectivity index (χ0) is 19.3. The Hall–Kier alpha value is -3.75. The molecule has 2 rings (SSSR count). The minimum Gasteiger partial charge on any atom is -0.868 e. The number of rotatable bonds is 4. The third-order valence-corrected chi connectivity index (χ3v) is 3.53. The number of carbonyl (C=O) groups excluding carboxylic acids is 2. The lowest BCUT2D eigenvalue weighted by atomic mass is 10.1. The summed E-state index contributed by atoms with van der Waals surface area (Å²) in [6, 6.07) is 8.56. The van der Waals surface area contributed by atoms with E-state index in [9.17, 15) is 24.8 Å². The highest BCUT2D eigenvalue weighted by atomic mass is 16.6. The number of hydrogen-bond acceptors (Lipinski definition) is 6. The van der Waals surface area contributed by atoms with Gasteiger partial charge in [0.05, 0.1) is 11.1 Å². The van der Waals surface area contributed by atoms with E-state index in [1.165, 1.54) is 6.07 Å². The van der Waals surface area contributed by atoms with Crippen LogP contribution in [-0.2, 0) is 9.59 Å². The van der Waals surface area contributed by atoms with Gasteiger partial charge in [-0.2, -0.15) is 5.10 Å². The minimum atomic E-state index is -1.01. The Morgan fingerprint density at radius 3 is 2.46 bits per heavy atom. The van der Waals surface area contributed by atoms with Crippen LogP contribution in [0.15, 0.2) is 41.5 Å². The third kappa shape index (κ3) is 4.63. The molecule has 0 bridgehead atoms. The van der Waals surface area contributed by atoms with Crippen LogP contribution in [0.1, 0.15) is 16.7 Å². The lowest BCUT2D eigenvalue weighted by molar-refractivity contribution is -0.398. The van der Waals surface area contributed by atoms with Gasteiger partial charge >= 0.3 is 11.8 Å². The molecule has 9 heteroatoms. The molecule has 0 fully saturated rings. The first-order valence-electron chi connectivity index (χ1n) is 7.45. The molecule has 0 saturated heterocycles. The molecule has 0 saturated carbocycles. The first-order chi connectivity index (χ1) is 12.3. The van der Waals surface area contributed by atoms with Gasteiger partial charge in [-0.3, -0.25) is 19.7 Å². The first kappa shape index (κ1) is 18.6. The first-order valence-corrected chi connectivity index (χ1v) is 7.45. The van der Waals surface area contributed by atoms with Crippen LogP contribution < -0.4 is 15.8 Å². The number of anilines is 1. The monoisotopic (exact) mass is 355 g/mol. The summed E-state index contributed by atoms with van der Waals surface area (Å²) in [6.45, 7) is 3.80. The van der Waals surface area contributed by atoms with Crippen molar-refractivity contribution in [2.24, 2.45) is 5.10 Å². The zero-order valence-corrected chi connectivity index (χ0v) is 14.0. The molecule has 0 aliphatic rings. The molecule has 0 radical (unpaired) electrons. The molecule has 26 heavy (non-hydrogen) atoms. The van der Waals surface area contributed by atoms with Gasteiger partial charge in [0, 0.05) is 17.3 Å². The standard InChI is InChI=1S/C17H16N4O5/c1-10-3-5-13(7-11(10)2)19-16(23)17(24)20-18-9-12-4-6-15(22)14(8-12)21(25)26/h3-9,22H,1-2H3,(H,19,23)(H,20,24)/p-1/b18-9-. The average molecular weight is 355 g/mol. The number of nitro benzene ring substituents is 1. The summed E-state index contributed by atoms with van der Waals surface area (Å²) in [5.74, 6) is -2.65. The SMILES string of the molecule is Cc1ccc(NC(=O)C(=O)N/N=C\c2ccc([O-])c([N+](=O)[O-])c2)cc1C. The fourth-order valence-electron chi connectivity index (χ4n) is 1.98. The molecule has 0 aliphatic heterocycles. The third-order valence-electron chi connectivity index (χ3n) is 3.53. The Kier molecular flexibility index (Phi) is 5.63. The number of nitrogens with one attached hydrogen (secondary N) is 2. The van der Waals surface area contributed by atoms with Gasteiger partial charge in [0.1, 0.15) is 0 Å². The molecule has 0 unspecified atom stereocenters. The number of carbonyl (C=O) groups is 2. The van der Waals surface area contributed by atoms with E-state index in [1.807, 2.05) is 25.3 Å². The summed E-state index contributed by atoms with van der Waals surface area (Å²) >= 11 is 0. The van der Waals surface area contributed by atoms with Crippen LogP contribution in [0.2, 0.25) is 0 Å². The van der Waals surface area contributed by atoms with E-state index < -0.39 is 28.2 Å². The van der Waals surface area contributed by atoms with Crippen molar-refractivity contribution in [3.05, 3.63) is 63.2 Å². The Balaban J connectivity index is 1.98. The summed E-state index contributed by atoms with van der Waals surface area (Å²) in [6.07, 6.45) is 1.09. The van der Waals surface area contributed by atoms with Gasteiger partial charge in [-0.05, 0) is 42.9 Å². The van der Waals surface area contributed by atoms with E-state index in [4.69, 9.17) is 0 Å². The van der Waals surface area contributed by atoms with Crippen molar-refractivity contribution in [1.29, 1.82) is 0 Å². The largest absolute Gasteiger partial charge is 0.868 e. The molecule has 9 nitrogen and oxygen atoms in total. The summed E-state index contributed by atoms with van der Waals surface area (Å²) in [5.41, 5.74) is 4.12. The van der Waals surface area contributed by atoms with Crippen LogP contribution in [0, 0.1) is 24.0 Å². The van der Waals surface area contributed by atoms with Crippen LogP contribution >= 0.6 is 0 Å². The summed E-state index contributed by atoms with van der Waals surface area (Å²) in [7, 11) is 0. The van der Waals surface area contributed by atoms with Gasteiger partial charge in [-0.15, -0.1) is 0 Å². The van der Waals surface area contributed by atoms with Gasteiger partial charge in [0.2, 0.25) is 0 Å². The van der Waals surface area contributed by atoms with Crippen molar-refractivity contribution in [2.75, 3.05) is 5.32 Å². The van der Waals surface area contributed by atoms with Crippen molar-refractivity contribution in [3.8, 4) is 5.75 Å². The van der Waals surface area contributed by atoms with Crippen LogP contribution in [0.3, 0.4) is 0 Å². The van der Waals surface area contributed by atoms with Crippen molar-refractivity contribution in [2.45, 2.75) is 13.8 Å². The molecule has 2 aromatic carbocycles. The van der Waals surface area contributed by atoms with Gasteiger partial charge in [-0.1, -0.05) is 18.2 Å². The maximum absolute atomic E-state index is 11.8. The van der Waals surface area contributed by atoms with Crippen molar-refractivity contribution >= 4 is 29.4 Å². The molecule has 0 heterocycles. The molecule has 0 atom stereocenters. The van der Waals surface area contributed by atoms with Crippen molar-refractivity contribution in [1.82, 2.24) is 5.43 Å². The Bertz CT molecular complexity index is 908. The normalized spacial score (nSPS) is 10.5. The highest BCUT2D eigenvalue weighted by Crippen LogP contribution is 2.22. The molecule has 134 valence electrons. The highest BCUT2D eigenvalue weighted by molar-refractivity contribution is 6.39. The molecule has 0 spiro atoms. The smallest absolute Gasteiger partial charge is 0.329 e. The lowest BCUT2D eigenvalue weighted by Gasteiger charge is -2.07. The molecular formula is C17H15N4O5-. The molecule has 0 aliphatic carbocycles. The van der Waals surface area contributed by atoms with E-state index >= 15 is 0 Å². The van der Waals surface area contributed by atoms with Gasteiger partial charge < -0.3 is 10.4 Å². The van der Waals surface area contributed by atoms with Crippen LogP contribution in [0.25, 0.3) is 0 Å². The highest BCUT2D eigenvalue weighted by Gasteiger charge is 2.13. The van der Waals surface area contributed by atoms with Gasteiger partial charge in [0.25, 0.3) is 5.69 Å². The average Bonchev–Trinajstić information content (AvgIpc) is 2.59. The van der Waals surface area contributed by atoms with E-state index in [1.54, 1.807) is 12.1 Å². The Labute approximate surface area is 148 Å². The Morgan fingerprint density at radius 2 is 1.81 bits per heavy atom. The molecule has 2 aromatic rings. The van der Waals surface area contributed by atoms with Gasteiger partial charge in [0.15, 0.2) is 0 Å². The van der Waals surface area contributed by atoms with E-state index in [0.29, 0.717) is 5.69 Å². The fraction of sp³-hybridized carbons (Fsp3) is 0.118. The van der Waals surface area contributed by atoms with Crippen LogP contribution in [-0.4, -0.2) is 23.0 Å². The number of benzene rings is 2. The molecule has 0 aromatic heterocycles. The molecule has 2 N–H and O–H groups in total. The maximum Gasteiger partial charge on any atom is 0.329 e. The van der Waals surface area contributed by atoms with E-state index in [-0.39, 0.29) is 5.56 Å². The summed E-state index contributed by atoms with van der Waals surface area (Å²) in [5, 5.41) is 28.0. The predicted octanol–water partition coefficient (Wildman–Crippen LogP) is 1.37. The predicted molar refractivity (Wildman–Crippen MR) is 92.8 cm³/mol. The number of nitro groups is 1. The van der Waals surface area contributed by atoms with Crippen LogP contribution in [0.5, 0.6) is 5.75 Å². The number of hydrazone groups is 1. The minimum absolute atomic E-state index is 0.228. The number of nitrogens with zero attached hydrogens (tertiary/aromatic N) is 2. The van der Waals surface area contributed by atoms with Crippen molar-refractivity contribution < 1.29 is 19.6 Å².